The lowest BCUT2D eigenvalue weighted by Crippen LogP contribution is -2.13. The minimum Gasteiger partial charge on any atom is -0.408 e. The Morgan fingerprint density at radius 1 is 1.22 bits per heavy atom. The number of amides is 1. The molecule has 116 valence electrons. The monoisotopic (exact) mass is 308 g/mol. The van der Waals surface area contributed by atoms with Gasteiger partial charge in [-0.15, -0.1) is 0 Å². The number of anilines is 1. The van der Waals surface area contributed by atoms with Gasteiger partial charge in [-0.05, 0) is 30.2 Å². The molecule has 23 heavy (non-hydrogen) atoms. The van der Waals surface area contributed by atoms with Crippen LogP contribution in [0.4, 0.5) is 5.69 Å². The van der Waals surface area contributed by atoms with E-state index in [4.69, 9.17) is 4.42 Å². The maximum atomic E-state index is 12.4. The number of nitrogens with one attached hydrogen (secondary N) is 2. The van der Waals surface area contributed by atoms with E-state index in [0.29, 0.717) is 28.8 Å². The second-order valence-corrected chi connectivity index (χ2v) is 5.11. The molecule has 0 saturated heterocycles. The molecular formula is C18H16N2O3. The number of rotatable bonds is 4. The van der Waals surface area contributed by atoms with Gasteiger partial charge in [0.2, 0.25) is 0 Å². The van der Waals surface area contributed by atoms with Gasteiger partial charge in [0, 0.05) is 17.3 Å². The van der Waals surface area contributed by atoms with Crippen molar-refractivity contribution in [2.75, 3.05) is 5.32 Å². The highest BCUT2D eigenvalue weighted by Crippen LogP contribution is 2.18. The van der Waals surface area contributed by atoms with Crippen molar-refractivity contribution in [1.82, 2.24) is 4.98 Å². The zero-order valence-corrected chi connectivity index (χ0v) is 12.6. The molecule has 0 aliphatic carbocycles. The largest absolute Gasteiger partial charge is 0.417 e. The molecule has 0 saturated carbocycles. The summed E-state index contributed by atoms with van der Waals surface area (Å²) in [4.78, 5) is 26.1. The number of H-pyrrole nitrogens is 1. The minimum atomic E-state index is -0.512. The highest BCUT2D eigenvalue weighted by Gasteiger charge is 2.09. The topological polar surface area (TPSA) is 75.1 Å². The van der Waals surface area contributed by atoms with Gasteiger partial charge < -0.3 is 9.73 Å². The summed E-state index contributed by atoms with van der Waals surface area (Å²) >= 11 is 0. The predicted molar refractivity (Wildman–Crippen MR) is 90.2 cm³/mol. The van der Waals surface area contributed by atoms with E-state index >= 15 is 0 Å². The first-order chi connectivity index (χ1) is 11.2. The summed E-state index contributed by atoms with van der Waals surface area (Å²) in [5.41, 5.74) is 3.25. The molecule has 2 aromatic carbocycles. The van der Waals surface area contributed by atoms with E-state index in [-0.39, 0.29) is 5.91 Å². The third-order valence-corrected chi connectivity index (χ3v) is 3.49. The average molecular weight is 308 g/mol. The second kappa shape index (κ2) is 6.36. The van der Waals surface area contributed by atoms with Crippen molar-refractivity contribution in [3.8, 4) is 0 Å². The normalized spacial score (nSPS) is 11.6. The zero-order chi connectivity index (χ0) is 16.2. The number of hydrogen-bond acceptors (Lipinski definition) is 3. The molecule has 3 rings (SSSR count). The lowest BCUT2D eigenvalue weighted by atomic mass is 10.1. The summed E-state index contributed by atoms with van der Waals surface area (Å²) in [5.74, 6) is -0.685. The van der Waals surface area contributed by atoms with Gasteiger partial charge >= 0.3 is 5.76 Å². The molecule has 5 heteroatoms. The van der Waals surface area contributed by atoms with E-state index in [1.54, 1.807) is 18.2 Å². The van der Waals surface area contributed by atoms with Crippen LogP contribution in [0.5, 0.6) is 0 Å². The van der Waals surface area contributed by atoms with Gasteiger partial charge in [-0.3, -0.25) is 9.78 Å². The molecule has 0 unspecified atom stereocenters. The quantitative estimate of drug-likeness (QED) is 0.724. The summed E-state index contributed by atoms with van der Waals surface area (Å²) < 4.78 is 5.00. The van der Waals surface area contributed by atoms with E-state index in [0.717, 1.165) is 5.56 Å². The predicted octanol–water partition coefficient (Wildman–Crippen LogP) is 3.55. The van der Waals surface area contributed by atoms with E-state index < -0.39 is 5.76 Å². The molecule has 0 aliphatic heterocycles. The Morgan fingerprint density at radius 2 is 2.00 bits per heavy atom. The standard InChI is InChI=1S/C18H16N2O3/c1-2-13(10-12-6-4-3-5-7-12)17(21)19-14-8-9-15-16(11-14)23-18(22)20-15/h3-11H,2H2,1H3,(H,19,21)(H,20,22)/b13-10+. The molecule has 3 aromatic rings. The Hall–Kier alpha value is -3.08. The Bertz CT molecular complexity index is 920. The molecule has 2 N–H and O–H groups in total. The number of aromatic amines is 1. The number of aromatic nitrogens is 1. The van der Waals surface area contributed by atoms with Crippen molar-refractivity contribution in [2.24, 2.45) is 0 Å². The third kappa shape index (κ3) is 3.40. The average Bonchev–Trinajstić information content (AvgIpc) is 2.92. The first-order valence-corrected chi connectivity index (χ1v) is 7.35. The van der Waals surface area contributed by atoms with Crippen LogP contribution in [-0.4, -0.2) is 10.9 Å². The van der Waals surface area contributed by atoms with Crippen LogP contribution < -0.4 is 11.1 Å². The molecule has 0 spiro atoms. The van der Waals surface area contributed by atoms with Gasteiger partial charge in [0.25, 0.3) is 5.91 Å². The van der Waals surface area contributed by atoms with Crippen molar-refractivity contribution < 1.29 is 9.21 Å². The molecule has 0 atom stereocenters. The first-order valence-electron chi connectivity index (χ1n) is 7.35. The Kier molecular flexibility index (Phi) is 4.10. The van der Waals surface area contributed by atoms with Crippen LogP contribution in [0.1, 0.15) is 18.9 Å². The smallest absolute Gasteiger partial charge is 0.408 e. The second-order valence-electron chi connectivity index (χ2n) is 5.11. The third-order valence-electron chi connectivity index (χ3n) is 3.49. The highest BCUT2D eigenvalue weighted by molar-refractivity contribution is 6.07. The van der Waals surface area contributed by atoms with Gasteiger partial charge in [0.05, 0.1) is 5.52 Å². The van der Waals surface area contributed by atoms with Crippen LogP contribution in [0, 0.1) is 0 Å². The fraction of sp³-hybridized carbons (Fsp3) is 0.111. The van der Waals surface area contributed by atoms with E-state index in [1.807, 2.05) is 43.3 Å². The fourth-order valence-electron chi connectivity index (χ4n) is 2.31. The summed E-state index contributed by atoms with van der Waals surface area (Å²) in [6.07, 6.45) is 2.48. The van der Waals surface area contributed by atoms with Gasteiger partial charge in [-0.25, -0.2) is 4.79 Å². The molecule has 1 heterocycles. The van der Waals surface area contributed by atoms with Gasteiger partial charge in [0.15, 0.2) is 5.58 Å². The Morgan fingerprint density at radius 3 is 2.74 bits per heavy atom. The van der Waals surface area contributed by atoms with Crippen LogP contribution in [-0.2, 0) is 4.79 Å². The van der Waals surface area contributed by atoms with Crippen molar-refractivity contribution in [1.29, 1.82) is 0 Å². The molecular weight excluding hydrogens is 292 g/mol. The number of hydrogen-bond donors (Lipinski definition) is 2. The summed E-state index contributed by atoms with van der Waals surface area (Å²) in [7, 11) is 0. The molecule has 0 fully saturated rings. The van der Waals surface area contributed by atoms with Crippen LogP contribution in [0.3, 0.4) is 0 Å². The maximum absolute atomic E-state index is 12.4. The van der Waals surface area contributed by atoms with Crippen molar-refractivity contribution >= 4 is 28.8 Å². The van der Waals surface area contributed by atoms with Crippen LogP contribution in [0.15, 0.2) is 63.3 Å². The van der Waals surface area contributed by atoms with Gasteiger partial charge in [-0.2, -0.15) is 0 Å². The van der Waals surface area contributed by atoms with Crippen molar-refractivity contribution in [3.63, 3.8) is 0 Å². The molecule has 0 bridgehead atoms. The summed E-state index contributed by atoms with van der Waals surface area (Å²) in [6.45, 7) is 1.93. The number of benzene rings is 2. The van der Waals surface area contributed by atoms with E-state index in [1.165, 1.54) is 0 Å². The number of oxazole rings is 1. The molecule has 0 aliphatic rings. The van der Waals surface area contributed by atoms with Crippen LogP contribution in [0.25, 0.3) is 17.2 Å². The summed E-state index contributed by atoms with van der Waals surface area (Å²) in [5, 5.41) is 2.83. The van der Waals surface area contributed by atoms with Crippen LogP contribution in [0.2, 0.25) is 0 Å². The number of fused-ring (bicyclic) bond motifs is 1. The highest BCUT2D eigenvalue weighted by atomic mass is 16.4. The van der Waals surface area contributed by atoms with Crippen molar-refractivity contribution in [3.05, 3.63) is 70.2 Å². The maximum Gasteiger partial charge on any atom is 0.417 e. The van der Waals surface area contributed by atoms with Crippen LogP contribution >= 0.6 is 0 Å². The Balaban J connectivity index is 1.83. The minimum absolute atomic E-state index is 0.173. The SMILES string of the molecule is CC/C(=C\c1ccccc1)C(=O)Nc1ccc2[nH]c(=O)oc2c1. The Labute approximate surface area is 132 Å². The van der Waals surface area contributed by atoms with Gasteiger partial charge in [0.1, 0.15) is 0 Å². The first kappa shape index (κ1) is 14.8. The zero-order valence-electron chi connectivity index (χ0n) is 12.6. The molecule has 0 radical (unpaired) electrons. The molecule has 5 nitrogen and oxygen atoms in total. The number of carbonyl (C=O) groups is 1. The molecule has 1 amide bonds. The van der Waals surface area contributed by atoms with Gasteiger partial charge in [-0.1, -0.05) is 37.3 Å². The number of carbonyl (C=O) groups excluding carboxylic acids is 1. The lowest BCUT2D eigenvalue weighted by molar-refractivity contribution is -0.112. The summed E-state index contributed by atoms with van der Waals surface area (Å²) in [6, 6.07) is 14.7. The fourth-order valence-corrected chi connectivity index (χ4v) is 2.31. The van der Waals surface area contributed by atoms with Crippen molar-refractivity contribution in [2.45, 2.75) is 13.3 Å². The van der Waals surface area contributed by atoms with E-state index in [2.05, 4.69) is 10.3 Å². The van der Waals surface area contributed by atoms with E-state index in [9.17, 15) is 9.59 Å². The molecule has 1 aromatic heterocycles. The lowest BCUT2D eigenvalue weighted by Gasteiger charge is -2.07.